The molecule has 0 radical (unpaired) electrons. The van der Waals surface area contributed by atoms with E-state index in [2.05, 4.69) is 31.3 Å². The summed E-state index contributed by atoms with van der Waals surface area (Å²) >= 11 is 0. The molecular formula is C68H129NO13. The second kappa shape index (κ2) is 53.7. The number of ether oxygens (including phenoxy) is 4. The van der Waals surface area contributed by atoms with Crippen LogP contribution in [0.3, 0.4) is 0 Å². The van der Waals surface area contributed by atoms with Crippen LogP contribution >= 0.6 is 0 Å². The molecule has 1 amide bonds. The Morgan fingerprint density at radius 2 is 0.768 bits per heavy atom. The Bertz CT molecular complexity index is 1470. The van der Waals surface area contributed by atoms with Gasteiger partial charge in [-0.1, -0.05) is 282 Å². The average molecular weight is 1170 g/mol. The zero-order chi connectivity index (χ0) is 59.5. The molecular weight excluding hydrogens is 1040 g/mol. The number of hydrogen-bond acceptors (Lipinski definition) is 13. The van der Waals surface area contributed by atoms with Gasteiger partial charge in [0.25, 0.3) is 0 Å². The zero-order valence-electron chi connectivity index (χ0n) is 52.5. The summed E-state index contributed by atoms with van der Waals surface area (Å²) in [5, 5.41) is 87.1. The van der Waals surface area contributed by atoms with Gasteiger partial charge in [0.05, 0.1) is 32.0 Å². The molecule has 2 fully saturated rings. The summed E-state index contributed by atoms with van der Waals surface area (Å²) in [5.74, 6) is -0.235. The van der Waals surface area contributed by atoms with Gasteiger partial charge in [0.1, 0.15) is 48.8 Å². The highest BCUT2D eigenvalue weighted by Crippen LogP contribution is 2.30. The fourth-order valence-electron chi connectivity index (χ4n) is 11.6. The number of amides is 1. The molecule has 12 atom stereocenters. The number of unbranched alkanes of at least 4 members (excludes halogenated alkanes) is 42. The number of rotatable bonds is 57. The molecule has 2 saturated heterocycles. The lowest BCUT2D eigenvalue weighted by atomic mass is 9.97. The fourth-order valence-corrected chi connectivity index (χ4v) is 11.6. The van der Waals surface area contributed by atoms with E-state index < -0.39 is 86.8 Å². The van der Waals surface area contributed by atoms with Crippen molar-refractivity contribution in [2.45, 2.75) is 383 Å². The van der Waals surface area contributed by atoms with Crippen molar-refractivity contribution in [2.24, 2.45) is 0 Å². The molecule has 2 aliphatic rings. The SMILES string of the molecule is CCCCCCCCCC/C=C\CCCCCCCCCCCCCCCCCCCCCCCCCCCC(=O)NC(COC1OC(CO)C(OC2OC(CO)C(O)C(O)C2O)C(O)C1O)C(O)/C=C/CCCCCCCCCCC. The molecule has 0 spiro atoms. The minimum absolute atomic E-state index is 0.235. The molecule has 0 aromatic heterocycles. The number of carbonyl (C=O) groups excluding carboxylic acids is 1. The highest BCUT2D eigenvalue weighted by molar-refractivity contribution is 5.76. The normalized spacial score (nSPS) is 24.0. The minimum Gasteiger partial charge on any atom is -0.394 e. The fraction of sp³-hybridized carbons (Fsp3) is 0.926. The van der Waals surface area contributed by atoms with Crippen molar-refractivity contribution in [1.82, 2.24) is 5.32 Å². The largest absolute Gasteiger partial charge is 0.394 e. The van der Waals surface area contributed by atoms with Gasteiger partial charge in [-0.3, -0.25) is 4.79 Å². The van der Waals surface area contributed by atoms with E-state index in [-0.39, 0.29) is 18.9 Å². The Balaban J connectivity index is 1.54. The smallest absolute Gasteiger partial charge is 0.220 e. The first kappa shape index (κ1) is 76.6. The lowest BCUT2D eigenvalue weighted by molar-refractivity contribution is -0.359. The molecule has 2 aliphatic heterocycles. The molecule has 0 aromatic rings. The lowest BCUT2D eigenvalue weighted by Gasteiger charge is -2.46. The van der Waals surface area contributed by atoms with Crippen molar-refractivity contribution < 1.29 is 64.6 Å². The van der Waals surface area contributed by atoms with Gasteiger partial charge in [0.2, 0.25) is 5.91 Å². The average Bonchev–Trinajstić information content (AvgIpc) is 3.22. The molecule has 9 N–H and O–H groups in total. The number of nitrogens with one attached hydrogen (secondary N) is 1. The number of hydrogen-bond donors (Lipinski definition) is 9. The topological polar surface area (TPSA) is 228 Å². The molecule has 14 heteroatoms. The van der Waals surface area contributed by atoms with E-state index in [0.29, 0.717) is 6.42 Å². The van der Waals surface area contributed by atoms with Crippen LogP contribution in [0.2, 0.25) is 0 Å². The second-order valence-electron chi connectivity index (χ2n) is 24.7. The molecule has 0 saturated carbocycles. The van der Waals surface area contributed by atoms with Gasteiger partial charge in [-0.2, -0.15) is 0 Å². The molecule has 12 unspecified atom stereocenters. The first-order valence-electron chi connectivity index (χ1n) is 34.6. The van der Waals surface area contributed by atoms with E-state index >= 15 is 0 Å². The highest BCUT2D eigenvalue weighted by atomic mass is 16.7. The molecule has 82 heavy (non-hydrogen) atoms. The van der Waals surface area contributed by atoms with Crippen LogP contribution in [-0.2, 0) is 23.7 Å². The molecule has 0 aromatic carbocycles. The molecule has 0 aliphatic carbocycles. The Kier molecular flexibility index (Phi) is 50.1. The first-order chi connectivity index (χ1) is 40.1. The van der Waals surface area contributed by atoms with E-state index in [0.717, 1.165) is 38.5 Å². The van der Waals surface area contributed by atoms with Crippen molar-refractivity contribution in [3.8, 4) is 0 Å². The third-order valence-corrected chi connectivity index (χ3v) is 17.1. The van der Waals surface area contributed by atoms with Crippen molar-refractivity contribution in [3.63, 3.8) is 0 Å². The van der Waals surface area contributed by atoms with Crippen molar-refractivity contribution >= 4 is 5.91 Å². The van der Waals surface area contributed by atoms with E-state index in [9.17, 15) is 45.6 Å². The quantitative estimate of drug-likeness (QED) is 0.0204. The van der Waals surface area contributed by atoms with E-state index in [1.54, 1.807) is 6.08 Å². The molecule has 2 heterocycles. The van der Waals surface area contributed by atoms with E-state index in [1.807, 2.05) is 6.08 Å². The number of aliphatic hydroxyl groups is 8. The van der Waals surface area contributed by atoms with Crippen molar-refractivity contribution in [3.05, 3.63) is 24.3 Å². The van der Waals surface area contributed by atoms with Crippen LogP contribution < -0.4 is 5.32 Å². The maximum absolute atomic E-state index is 13.3. The van der Waals surface area contributed by atoms with Crippen LogP contribution in [0.1, 0.15) is 309 Å². The zero-order valence-corrected chi connectivity index (χ0v) is 52.5. The monoisotopic (exact) mass is 1170 g/mol. The van der Waals surface area contributed by atoms with Gasteiger partial charge in [0, 0.05) is 6.42 Å². The van der Waals surface area contributed by atoms with Crippen molar-refractivity contribution in [1.29, 1.82) is 0 Å². The standard InChI is InChI=1S/C68H129NO13/c1-3-5-7-9-11-13-15-16-17-18-19-20-21-22-23-24-25-26-27-28-29-30-31-32-33-34-35-36-37-38-39-40-42-44-46-48-50-52-60(73)69-56(57(72)51-49-47-45-43-41-14-12-10-8-6-4-2)55-79-67-65(78)63(76)66(59(54-71)81-67)82-68-64(77)62(75)61(74)58(53-70)80-68/h18-19,49,51,56-59,61-68,70-72,74-78H,3-17,20-48,50,52-55H2,1-2H3,(H,69,73)/b19-18-,51-49+. The Morgan fingerprint density at radius 3 is 1.16 bits per heavy atom. The van der Waals surface area contributed by atoms with E-state index in [4.69, 9.17) is 18.9 Å². The summed E-state index contributed by atoms with van der Waals surface area (Å²) < 4.78 is 22.8. The van der Waals surface area contributed by atoms with Crippen LogP contribution in [0.25, 0.3) is 0 Å². The molecule has 2 rings (SSSR count). The Hall–Kier alpha value is -1.53. The summed E-state index contributed by atoms with van der Waals surface area (Å²) in [7, 11) is 0. The summed E-state index contributed by atoms with van der Waals surface area (Å²) in [6, 6.07) is -0.910. The molecule has 0 bridgehead atoms. The van der Waals surface area contributed by atoms with Crippen LogP contribution in [0, 0.1) is 0 Å². The van der Waals surface area contributed by atoms with Gasteiger partial charge in [0.15, 0.2) is 12.6 Å². The van der Waals surface area contributed by atoms with Gasteiger partial charge in [-0.05, 0) is 44.9 Å². The van der Waals surface area contributed by atoms with Crippen LogP contribution in [0.4, 0.5) is 0 Å². The summed E-state index contributed by atoms with van der Waals surface area (Å²) in [6.45, 7) is 2.81. The van der Waals surface area contributed by atoms with Gasteiger partial charge in [-0.15, -0.1) is 0 Å². The van der Waals surface area contributed by atoms with Crippen LogP contribution in [0.5, 0.6) is 0 Å². The maximum atomic E-state index is 13.3. The highest BCUT2D eigenvalue weighted by Gasteiger charge is 2.51. The second-order valence-corrected chi connectivity index (χ2v) is 24.7. The predicted octanol–water partition coefficient (Wildman–Crippen LogP) is 13.6. The number of allylic oxidation sites excluding steroid dienone is 3. The first-order valence-corrected chi connectivity index (χ1v) is 34.6. The third-order valence-electron chi connectivity index (χ3n) is 17.1. The molecule has 484 valence electrons. The third kappa shape index (κ3) is 37.9. The van der Waals surface area contributed by atoms with Crippen LogP contribution in [0.15, 0.2) is 24.3 Å². The summed E-state index contributed by atoms with van der Waals surface area (Å²) in [6.07, 6.45) is 49.9. The summed E-state index contributed by atoms with van der Waals surface area (Å²) in [4.78, 5) is 13.3. The maximum Gasteiger partial charge on any atom is 0.220 e. The van der Waals surface area contributed by atoms with Gasteiger partial charge < -0.3 is 65.1 Å². The predicted molar refractivity (Wildman–Crippen MR) is 332 cm³/mol. The van der Waals surface area contributed by atoms with Crippen LogP contribution in [-0.4, -0.2) is 140 Å². The number of carbonyl (C=O) groups is 1. The Morgan fingerprint density at radius 1 is 0.427 bits per heavy atom. The minimum atomic E-state index is -1.79. The number of aliphatic hydroxyl groups excluding tert-OH is 8. The Labute approximate surface area is 500 Å². The molecule has 14 nitrogen and oxygen atoms in total. The van der Waals surface area contributed by atoms with Gasteiger partial charge in [-0.25, -0.2) is 0 Å². The van der Waals surface area contributed by atoms with Gasteiger partial charge >= 0.3 is 0 Å². The summed E-state index contributed by atoms with van der Waals surface area (Å²) in [5.41, 5.74) is 0. The van der Waals surface area contributed by atoms with Crippen molar-refractivity contribution in [2.75, 3.05) is 19.8 Å². The van der Waals surface area contributed by atoms with E-state index in [1.165, 1.54) is 244 Å². The lowest BCUT2D eigenvalue weighted by Crippen LogP contribution is -2.65.